The van der Waals surface area contributed by atoms with Crippen molar-refractivity contribution in [1.82, 2.24) is 9.13 Å². The zero-order valence-electron chi connectivity index (χ0n) is 11.2. The summed E-state index contributed by atoms with van der Waals surface area (Å²) in [4.78, 5) is 25.6. The Morgan fingerprint density at radius 3 is 2.55 bits per heavy atom. The number of nitriles is 2. The number of nitrogens with zero attached hydrogens (tertiary/aromatic N) is 5. The molecule has 104 valence electrons. The van der Waals surface area contributed by atoms with Crippen LogP contribution in [0, 0.1) is 22.7 Å². The molecule has 0 spiro atoms. The summed E-state index contributed by atoms with van der Waals surface area (Å²) in [5, 5.41) is 18.1. The number of hydrogen-bond donors (Lipinski definition) is 0. The van der Waals surface area contributed by atoms with E-state index in [2.05, 4.69) is 0 Å². The van der Waals surface area contributed by atoms with Crippen LogP contribution >= 0.6 is 0 Å². The highest BCUT2D eigenvalue weighted by atomic mass is 16.5. The molecule has 1 saturated heterocycles. The van der Waals surface area contributed by atoms with Crippen LogP contribution < -0.4 is 16.1 Å². The molecule has 1 fully saturated rings. The molecule has 0 aliphatic carbocycles. The second-order valence-corrected chi connectivity index (χ2v) is 4.45. The summed E-state index contributed by atoms with van der Waals surface area (Å²) < 4.78 is 7.36. The molecule has 0 aromatic carbocycles. The zero-order valence-corrected chi connectivity index (χ0v) is 11.2. The standard InChI is InChI=1S/C12H13N5O3/c1-15-10(17-3-4-20-8(5-13)7-17)9(6-14)11(18)16(2)12(15)19/h8H,3-4,7H2,1-2H3. The van der Waals surface area contributed by atoms with Gasteiger partial charge in [0.1, 0.15) is 11.9 Å². The molecule has 8 nitrogen and oxygen atoms in total. The summed E-state index contributed by atoms with van der Waals surface area (Å²) in [5.41, 5.74) is -1.25. The molecule has 0 amide bonds. The average molecular weight is 275 g/mol. The van der Waals surface area contributed by atoms with Gasteiger partial charge in [-0.25, -0.2) is 4.79 Å². The van der Waals surface area contributed by atoms with Crippen LogP contribution in [0.15, 0.2) is 9.59 Å². The van der Waals surface area contributed by atoms with Crippen molar-refractivity contribution in [1.29, 1.82) is 10.5 Å². The quantitative estimate of drug-likeness (QED) is 0.630. The maximum absolute atomic E-state index is 12.0. The van der Waals surface area contributed by atoms with Crippen molar-refractivity contribution in [3.05, 3.63) is 26.4 Å². The van der Waals surface area contributed by atoms with Crippen LogP contribution in [0.3, 0.4) is 0 Å². The van der Waals surface area contributed by atoms with Gasteiger partial charge < -0.3 is 9.64 Å². The van der Waals surface area contributed by atoms with Gasteiger partial charge in [-0.15, -0.1) is 0 Å². The molecule has 2 rings (SSSR count). The fourth-order valence-corrected chi connectivity index (χ4v) is 2.22. The van der Waals surface area contributed by atoms with Gasteiger partial charge in [0.15, 0.2) is 11.7 Å². The van der Waals surface area contributed by atoms with Crippen molar-refractivity contribution in [3.8, 4) is 12.1 Å². The molecular weight excluding hydrogens is 262 g/mol. The smallest absolute Gasteiger partial charge is 0.332 e. The molecule has 20 heavy (non-hydrogen) atoms. The number of ether oxygens (including phenoxy) is 1. The van der Waals surface area contributed by atoms with Crippen molar-refractivity contribution in [2.24, 2.45) is 14.1 Å². The lowest BCUT2D eigenvalue weighted by molar-refractivity contribution is 0.0758. The summed E-state index contributed by atoms with van der Waals surface area (Å²) in [5.74, 6) is 0.240. The van der Waals surface area contributed by atoms with Crippen LogP contribution in [0.5, 0.6) is 0 Å². The van der Waals surface area contributed by atoms with Gasteiger partial charge in [-0.1, -0.05) is 0 Å². The molecule has 1 atom stereocenters. The van der Waals surface area contributed by atoms with Gasteiger partial charge >= 0.3 is 5.69 Å². The number of anilines is 1. The van der Waals surface area contributed by atoms with Gasteiger partial charge in [0.2, 0.25) is 0 Å². The van der Waals surface area contributed by atoms with Crippen molar-refractivity contribution in [3.63, 3.8) is 0 Å². The van der Waals surface area contributed by atoms with Crippen molar-refractivity contribution in [2.75, 3.05) is 24.6 Å². The number of hydrogen-bond acceptors (Lipinski definition) is 6. The van der Waals surface area contributed by atoms with Gasteiger partial charge in [-0.2, -0.15) is 10.5 Å². The average Bonchev–Trinajstić information content (AvgIpc) is 2.48. The molecular formula is C12H13N5O3. The Balaban J connectivity index is 2.63. The molecule has 0 saturated carbocycles. The van der Waals surface area contributed by atoms with E-state index in [-0.39, 0.29) is 17.9 Å². The van der Waals surface area contributed by atoms with E-state index in [4.69, 9.17) is 10.00 Å². The molecule has 0 radical (unpaired) electrons. The van der Waals surface area contributed by atoms with Gasteiger partial charge in [-0.3, -0.25) is 13.9 Å². The van der Waals surface area contributed by atoms with Gasteiger partial charge in [0.25, 0.3) is 5.56 Å². The van der Waals surface area contributed by atoms with Crippen LogP contribution in [0.1, 0.15) is 5.56 Å². The lowest BCUT2D eigenvalue weighted by Gasteiger charge is -2.32. The SMILES string of the molecule is Cn1c(N2CCOC(C#N)C2)c(C#N)c(=O)n(C)c1=O. The molecule has 2 heterocycles. The van der Waals surface area contributed by atoms with Crippen LogP contribution in [0.2, 0.25) is 0 Å². The van der Waals surface area contributed by atoms with Crippen LogP contribution in [-0.2, 0) is 18.8 Å². The van der Waals surface area contributed by atoms with Crippen LogP contribution in [-0.4, -0.2) is 34.9 Å². The Bertz CT molecular complexity index is 734. The van der Waals surface area contributed by atoms with E-state index < -0.39 is 17.4 Å². The lowest BCUT2D eigenvalue weighted by Crippen LogP contribution is -2.48. The summed E-state index contributed by atoms with van der Waals surface area (Å²) in [6, 6.07) is 3.83. The third-order valence-corrected chi connectivity index (χ3v) is 3.26. The normalized spacial score (nSPS) is 18.4. The van der Waals surface area contributed by atoms with Crippen molar-refractivity contribution < 1.29 is 4.74 Å². The lowest BCUT2D eigenvalue weighted by atomic mass is 10.2. The fraction of sp³-hybridized carbons (Fsp3) is 0.500. The summed E-state index contributed by atoms with van der Waals surface area (Å²) in [6.07, 6.45) is -0.644. The highest BCUT2D eigenvalue weighted by molar-refractivity contribution is 5.54. The van der Waals surface area contributed by atoms with Crippen LogP contribution in [0.25, 0.3) is 0 Å². The van der Waals surface area contributed by atoms with E-state index in [0.717, 1.165) is 4.57 Å². The van der Waals surface area contributed by atoms with Crippen molar-refractivity contribution in [2.45, 2.75) is 6.10 Å². The third kappa shape index (κ3) is 2.06. The summed E-state index contributed by atoms with van der Waals surface area (Å²) >= 11 is 0. The highest BCUT2D eigenvalue weighted by Crippen LogP contribution is 2.17. The number of morpholine rings is 1. The largest absolute Gasteiger partial charge is 0.360 e. The zero-order chi connectivity index (χ0) is 14.9. The molecule has 0 bridgehead atoms. The molecule has 1 aromatic rings. The maximum Gasteiger partial charge on any atom is 0.332 e. The number of aromatic nitrogens is 2. The molecule has 1 unspecified atom stereocenters. The predicted molar refractivity (Wildman–Crippen MR) is 69.2 cm³/mol. The minimum absolute atomic E-state index is 0.104. The molecule has 1 aliphatic rings. The Morgan fingerprint density at radius 1 is 1.25 bits per heavy atom. The molecule has 0 N–H and O–H groups in total. The van der Waals surface area contributed by atoms with E-state index in [9.17, 15) is 14.9 Å². The van der Waals surface area contributed by atoms with E-state index >= 15 is 0 Å². The first-order valence-corrected chi connectivity index (χ1v) is 5.97. The van der Waals surface area contributed by atoms with Gasteiger partial charge in [-0.05, 0) is 0 Å². The first-order valence-electron chi connectivity index (χ1n) is 5.97. The Hall–Kier alpha value is -2.58. The molecule has 8 heteroatoms. The van der Waals surface area contributed by atoms with E-state index in [0.29, 0.717) is 13.2 Å². The number of rotatable bonds is 1. The van der Waals surface area contributed by atoms with Crippen molar-refractivity contribution >= 4 is 5.82 Å². The van der Waals surface area contributed by atoms with Gasteiger partial charge in [0.05, 0.1) is 19.2 Å². The minimum Gasteiger partial charge on any atom is -0.360 e. The Kier molecular flexibility index (Phi) is 3.59. The molecule has 1 aliphatic heterocycles. The van der Waals surface area contributed by atoms with Crippen LogP contribution in [0.4, 0.5) is 5.82 Å². The Labute approximate surface area is 114 Å². The highest BCUT2D eigenvalue weighted by Gasteiger charge is 2.26. The fourth-order valence-electron chi connectivity index (χ4n) is 2.22. The van der Waals surface area contributed by atoms with E-state index in [1.165, 1.54) is 18.7 Å². The van der Waals surface area contributed by atoms with E-state index in [1.54, 1.807) is 4.90 Å². The second-order valence-electron chi connectivity index (χ2n) is 4.45. The first-order chi connectivity index (χ1) is 9.51. The summed E-state index contributed by atoms with van der Waals surface area (Å²) in [6.45, 7) is 0.922. The first kappa shape index (κ1) is 13.8. The maximum atomic E-state index is 12.0. The van der Waals surface area contributed by atoms with Gasteiger partial charge in [0, 0.05) is 20.6 Å². The monoisotopic (exact) mass is 275 g/mol. The third-order valence-electron chi connectivity index (χ3n) is 3.26. The molecule has 1 aromatic heterocycles. The predicted octanol–water partition coefficient (Wildman–Crippen LogP) is -1.32. The topological polar surface area (TPSA) is 104 Å². The van der Waals surface area contributed by atoms with E-state index in [1.807, 2.05) is 12.1 Å². The Morgan fingerprint density at radius 2 is 1.95 bits per heavy atom. The minimum atomic E-state index is -0.644. The second kappa shape index (κ2) is 5.19. The summed E-state index contributed by atoms with van der Waals surface area (Å²) in [7, 11) is 2.82.